The molecular weight excluding hydrogens is 330 g/mol. The van der Waals surface area contributed by atoms with Crippen LogP contribution in [0.15, 0.2) is 48.7 Å². The fourth-order valence-electron chi connectivity index (χ4n) is 2.88. The van der Waals surface area contributed by atoms with Gasteiger partial charge in [-0.15, -0.1) is 0 Å². The Bertz CT molecular complexity index is 702. The van der Waals surface area contributed by atoms with Crippen LogP contribution in [0.25, 0.3) is 0 Å². The van der Waals surface area contributed by atoms with Crippen molar-refractivity contribution in [2.24, 2.45) is 0 Å². The monoisotopic (exact) mass is 355 g/mol. The number of hydrogen-bond acceptors (Lipinski definition) is 4. The highest BCUT2D eigenvalue weighted by atomic mass is 16.5. The van der Waals surface area contributed by atoms with Crippen LogP contribution in [0.1, 0.15) is 25.0 Å². The van der Waals surface area contributed by atoms with E-state index < -0.39 is 0 Å². The normalized spacial score (nSPS) is 16.7. The molecule has 26 heavy (non-hydrogen) atoms. The van der Waals surface area contributed by atoms with E-state index in [1.54, 1.807) is 18.1 Å². The fourth-order valence-corrected chi connectivity index (χ4v) is 2.88. The van der Waals surface area contributed by atoms with E-state index in [0.717, 1.165) is 31.6 Å². The second-order valence-corrected chi connectivity index (χ2v) is 6.41. The molecule has 1 fully saturated rings. The molecule has 2 amide bonds. The van der Waals surface area contributed by atoms with Gasteiger partial charge in [0.2, 0.25) is 0 Å². The average molecular weight is 355 g/mol. The fraction of sp³-hybridized carbons (Fsp3) is 0.400. The third-order valence-electron chi connectivity index (χ3n) is 4.33. The minimum Gasteiger partial charge on any atom is -0.485 e. The first-order valence-corrected chi connectivity index (χ1v) is 8.98. The zero-order chi connectivity index (χ0) is 18.2. The lowest BCUT2D eigenvalue weighted by Gasteiger charge is -2.27. The molecule has 1 saturated heterocycles. The molecule has 1 aromatic carbocycles. The van der Waals surface area contributed by atoms with Crippen LogP contribution in [0.2, 0.25) is 0 Å². The minimum absolute atomic E-state index is 0.121. The van der Waals surface area contributed by atoms with Crippen LogP contribution in [0, 0.1) is 0 Å². The third kappa shape index (κ3) is 5.20. The third-order valence-corrected chi connectivity index (χ3v) is 4.33. The first kappa shape index (κ1) is 18.2. The van der Waals surface area contributed by atoms with Crippen molar-refractivity contribution in [2.45, 2.75) is 32.0 Å². The molecule has 1 atom stereocenters. The Kier molecular flexibility index (Phi) is 6.44. The number of nitrogens with one attached hydrogen (secondary N) is 1. The van der Waals surface area contributed by atoms with E-state index in [0.29, 0.717) is 24.6 Å². The predicted octanol–water partition coefficient (Wildman–Crippen LogP) is 3.69. The molecule has 138 valence electrons. The maximum Gasteiger partial charge on any atom is 0.321 e. The van der Waals surface area contributed by atoms with Crippen LogP contribution in [-0.2, 0) is 11.3 Å². The van der Waals surface area contributed by atoms with Gasteiger partial charge in [-0.2, -0.15) is 0 Å². The minimum atomic E-state index is -0.173. The Labute approximate surface area is 154 Å². The number of pyridine rings is 1. The van der Waals surface area contributed by atoms with Crippen LogP contribution in [-0.4, -0.2) is 42.2 Å². The zero-order valence-corrected chi connectivity index (χ0v) is 15.1. The van der Waals surface area contributed by atoms with Gasteiger partial charge in [-0.3, -0.25) is 4.98 Å². The van der Waals surface area contributed by atoms with Gasteiger partial charge in [0.25, 0.3) is 0 Å². The van der Waals surface area contributed by atoms with Gasteiger partial charge >= 0.3 is 6.03 Å². The molecule has 1 aliphatic rings. The Morgan fingerprint density at radius 1 is 1.27 bits per heavy atom. The van der Waals surface area contributed by atoms with Crippen LogP contribution in [0.5, 0.6) is 5.75 Å². The molecule has 0 radical (unpaired) electrons. The summed E-state index contributed by atoms with van der Waals surface area (Å²) in [6.07, 6.45) is 5.11. The van der Waals surface area contributed by atoms with E-state index in [1.165, 1.54) is 0 Å². The van der Waals surface area contributed by atoms with Crippen molar-refractivity contribution in [3.05, 3.63) is 54.4 Å². The lowest BCUT2D eigenvalue weighted by atomic mass is 10.1. The largest absolute Gasteiger partial charge is 0.485 e. The zero-order valence-electron chi connectivity index (χ0n) is 15.1. The number of ether oxygens (including phenoxy) is 2. The van der Waals surface area contributed by atoms with Gasteiger partial charge in [0, 0.05) is 26.4 Å². The standard InChI is InChI=1S/C20H25N3O3/c1-23(14-17-9-5-7-13-25-17)20(24)22-18-10-2-3-11-19(18)26-15-16-8-4-6-12-21-16/h2-4,6,8,10-12,17H,5,7,9,13-15H2,1H3,(H,22,24)/t17-/m0/s1. The van der Waals surface area contributed by atoms with Gasteiger partial charge in [-0.25, -0.2) is 4.79 Å². The topological polar surface area (TPSA) is 63.7 Å². The van der Waals surface area contributed by atoms with E-state index in [2.05, 4.69) is 10.3 Å². The lowest BCUT2D eigenvalue weighted by molar-refractivity contribution is 0.00463. The summed E-state index contributed by atoms with van der Waals surface area (Å²) in [6.45, 7) is 1.71. The molecule has 0 unspecified atom stereocenters. The quantitative estimate of drug-likeness (QED) is 0.858. The van der Waals surface area contributed by atoms with Gasteiger partial charge in [0.05, 0.1) is 17.5 Å². The molecule has 0 bridgehead atoms. The van der Waals surface area contributed by atoms with E-state index in [-0.39, 0.29) is 12.1 Å². The molecule has 3 rings (SSSR count). The maximum absolute atomic E-state index is 12.5. The molecule has 1 aliphatic heterocycles. The van der Waals surface area contributed by atoms with Crippen LogP contribution in [0.3, 0.4) is 0 Å². The summed E-state index contributed by atoms with van der Waals surface area (Å²) in [7, 11) is 1.78. The second kappa shape index (κ2) is 9.20. The highest BCUT2D eigenvalue weighted by molar-refractivity contribution is 5.90. The summed E-state index contributed by atoms with van der Waals surface area (Å²) in [5.74, 6) is 0.619. The molecule has 1 aromatic heterocycles. The van der Waals surface area contributed by atoms with Crippen molar-refractivity contribution in [1.82, 2.24) is 9.88 Å². The Morgan fingerprint density at radius 3 is 2.88 bits per heavy atom. The van der Waals surface area contributed by atoms with Crippen molar-refractivity contribution in [1.29, 1.82) is 0 Å². The number of urea groups is 1. The summed E-state index contributed by atoms with van der Waals surface area (Å²) < 4.78 is 11.5. The number of benzene rings is 1. The highest BCUT2D eigenvalue weighted by Crippen LogP contribution is 2.25. The molecule has 0 spiro atoms. The lowest BCUT2D eigenvalue weighted by Crippen LogP contribution is -2.39. The Balaban J connectivity index is 1.57. The van der Waals surface area contributed by atoms with Crippen LogP contribution in [0.4, 0.5) is 10.5 Å². The molecule has 2 heterocycles. The summed E-state index contributed by atoms with van der Waals surface area (Å²) in [5, 5.41) is 2.92. The number of likely N-dealkylation sites (N-methyl/N-ethyl adjacent to an activating group) is 1. The first-order valence-electron chi connectivity index (χ1n) is 8.98. The molecule has 6 heteroatoms. The van der Waals surface area contributed by atoms with Gasteiger partial charge in [-0.05, 0) is 43.5 Å². The van der Waals surface area contributed by atoms with Crippen molar-refractivity contribution in [3.63, 3.8) is 0 Å². The smallest absolute Gasteiger partial charge is 0.321 e. The van der Waals surface area contributed by atoms with Crippen molar-refractivity contribution >= 4 is 11.7 Å². The number of carbonyl (C=O) groups is 1. The van der Waals surface area contributed by atoms with E-state index in [1.807, 2.05) is 42.5 Å². The number of para-hydroxylation sites is 2. The summed E-state index contributed by atoms with van der Waals surface area (Å²) >= 11 is 0. The molecular formula is C20H25N3O3. The maximum atomic E-state index is 12.5. The van der Waals surface area contributed by atoms with Gasteiger partial charge in [-0.1, -0.05) is 18.2 Å². The van der Waals surface area contributed by atoms with Gasteiger partial charge in [0.1, 0.15) is 12.4 Å². The number of amides is 2. The molecule has 2 aromatic rings. The van der Waals surface area contributed by atoms with Crippen molar-refractivity contribution in [2.75, 3.05) is 25.5 Å². The predicted molar refractivity (Wildman–Crippen MR) is 100 cm³/mol. The number of carbonyl (C=O) groups excluding carboxylic acids is 1. The van der Waals surface area contributed by atoms with Gasteiger partial charge < -0.3 is 19.7 Å². The Morgan fingerprint density at radius 2 is 2.12 bits per heavy atom. The second-order valence-electron chi connectivity index (χ2n) is 6.41. The first-order chi connectivity index (χ1) is 12.7. The van der Waals surface area contributed by atoms with E-state index in [4.69, 9.17) is 9.47 Å². The number of rotatable bonds is 6. The summed E-state index contributed by atoms with van der Waals surface area (Å²) in [5.41, 5.74) is 1.48. The SMILES string of the molecule is CN(C[C@@H]1CCCCO1)C(=O)Nc1ccccc1OCc1ccccn1. The number of nitrogens with zero attached hydrogens (tertiary/aromatic N) is 2. The summed E-state index contributed by atoms with van der Waals surface area (Å²) in [4.78, 5) is 18.4. The van der Waals surface area contributed by atoms with E-state index >= 15 is 0 Å². The highest BCUT2D eigenvalue weighted by Gasteiger charge is 2.19. The summed E-state index contributed by atoms with van der Waals surface area (Å²) in [6, 6.07) is 12.9. The van der Waals surface area contributed by atoms with Crippen LogP contribution < -0.4 is 10.1 Å². The van der Waals surface area contributed by atoms with Crippen molar-refractivity contribution in [3.8, 4) is 5.75 Å². The molecule has 1 N–H and O–H groups in total. The van der Waals surface area contributed by atoms with Gasteiger partial charge in [0.15, 0.2) is 0 Å². The Hall–Kier alpha value is -2.60. The molecule has 0 aliphatic carbocycles. The van der Waals surface area contributed by atoms with Crippen molar-refractivity contribution < 1.29 is 14.3 Å². The molecule has 0 saturated carbocycles. The number of anilines is 1. The number of aromatic nitrogens is 1. The number of hydrogen-bond donors (Lipinski definition) is 1. The van der Waals surface area contributed by atoms with E-state index in [9.17, 15) is 4.79 Å². The van der Waals surface area contributed by atoms with Crippen LogP contribution >= 0.6 is 0 Å². The average Bonchev–Trinajstić information content (AvgIpc) is 2.69. The molecule has 6 nitrogen and oxygen atoms in total.